The minimum Gasteiger partial charge on any atom is -0.383 e. The van der Waals surface area contributed by atoms with E-state index >= 15 is 0 Å². The molecular weight excluding hydrogens is 510 g/mol. The molecule has 5 rings (SSSR count). The number of anilines is 1. The molecule has 7 nitrogen and oxygen atoms in total. The van der Waals surface area contributed by atoms with Crippen LogP contribution in [0.4, 0.5) is 5.82 Å². The Kier molecular flexibility index (Phi) is 8.45. The Balaban J connectivity index is 1.15. The molecule has 2 fully saturated rings. The molecule has 200 valence electrons. The molecule has 2 aliphatic rings. The second-order valence-electron chi connectivity index (χ2n) is 10.1. The van der Waals surface area contributed by atoms with Crippen LogP contribution in [0.5, 0.6) is 0 Å². The molecule has 2 aromatic carbocycles. The summed E-state index contributed by atoms with van der Waals surface area (Å²) in [7, 11) is 0. The number of carbonyl (C=O) groups is 2. The van der Waals surface area contributed by atoms with E-state index in [-0.39, 0.29) is 17.9 Å². The van der Waals surface area contributed by atoms with Gasteiger partial charge in [-0.2, -0.15) is 0 Å². The highest BCUT2D eigenvalue weighted by molar-refractivity contribution is 6.31. The van der Waals surface area contributed by atoms with Gasteiger partial charge >= 0.3 is 0 Å². The fourth-order valence-electron chi connectivity index (χ4n) is 5.09. The van der Waals surface area contributed by atoms with Crippen molar-refractivity contribution in [2.45, 2.75) is 31.7 Å². The number of nitrogens with zero attached hydrogens (tertiary/aromatic N) is 3. The summed E-state index contributed by atoms with van der Waals surface area (Å²) < 4.78 is 0. The van der Waals surface area contributed by atoms with Gasteiger partial charge in [0.1, 0.15) is 5.82 Å². The first kappa shape index (κ1) is 26.7. The van der Waals surface area contributed by atoms with Crippen molar-refractivity contribution in [3.63, 3.8) is 0 Å². The van der Waals surface area contributed by atoms with Crippen molar-refractivity contribution >= 4 is 40.0 Å². The SMILES string of the molecule is Nc1ncc2ccc(Cl)cc2c1C#Cc1ccc(C(=O)N2CCC(NC(=O)/C=C/CN3CCCC3)CC2)cc1. The van der Waals surface area contributed by atoms with Crippen LogP contribution in [0.1, 0.15) is 47.2 Å². The Hall–Kier alpha value is -3.86. The van der Waals surface area contributed by atoms with Crippen LogP contribution in [-0.4, -0.2) is 65.4 Å². The van der Waals surface area contributed by atoms with E-state index in [0.29, 0.717) is 35.1 Å². The van der Waals surface area contributed by atoms with E-state index in [1.807, 2.05) is 41.3 Å². The summed E-state index contributed by atoms with van der Waals surface area (Å²) in [6.45, 7) is 4.27. The molecule has 3 heterocycles. The molecule has 2 aliphatic heterocycles. The van der Waals surface area contributed by atoms with Gasteiger partial charge in [-0.25, -0.2) is 4.98 Å². The van der Waals surface area contributed by atoms with Crippen LogP contribution in [0, 0.1) is 11.8 Å². The summed E-state index contributed by atoms with van der Waals surface area (Å²) in [4.78, 5) is 33.8. The number of fused-ring (bicyclic) bond motifs is 1. The Bertz CT molecular complexity index is 1440. The third-order valence-corrected chi connectivity index (χ3v) is 7.54. The van der Waals surface area contributed by atoms with Gasteiger partial charge in [-0.1, -0.05) is 35.6 Å². The molecule has 8 heteroatoms. The lowest BCUT2D eigenvalue weighted by Gasteiger charge is -2.32. The number of amides is 2. The molecule has 0 radical (unpaired) electrons. The quantitative estimate of drug-likeness (QED) is 0.372. The van der Waals surface area contributed by atoms with Crippen molar-refractivity contribution in [2.75, 3.05) is 38.5 Å². The number of hydrogen-bond donors (Lipinski definition) is 2. The summed E-state index contributed by atoms with van der Waals surface area (Å²) in [5.41, 5.74) is 8.11. The van der Waals surface area contributed by atoms with Crippen LogP contribution in [0.2, 0.25) is 5.02 Å². The van der Waals surface area contributed by atoms with Gasteiger partial charge in [0.05, 0.1) is 5.56 Å². The molecule has 3 aromatic rings. The van der Waals surface area contributed by atoms with E-state index in [4.69, 9.17) is 17.3 Å². The average Bonchev–Trinajstić information content (AvgIpc) is 3.46. The lowest BCUT2D eigenvalue weighted by Crippen LogP contribution is -2.46. The van der Waals surface area contributed by atoms with Crippen LogP contribution in [0.15, 0.2) is 60.8 Å². The second kappa shape index (κ2) is 12.3. The van der Waals surface area contributed by atoms with E-state index in [1.54, 1.807) is 24.4 Å². The molecule has 0 saturated carbocycles. The molecule has 3 N–H and O–H groups in total. The van der Waals surface area contributed by atoms with Crippen LogP contribution in [-0.2, 0) is 4.79 Å². The molecule has 39 heavy (non-hydrogen) atoms. The van der Waals surface area contributed by atoms with E-state index in [2.05, 4.69) is 27.0 Å². The summed E-state index contributed by atoms with van der Waals surface area (Å²) >= 11 is 6.17. The van der Waals surface area contributed by atoms with Crippen molar-refractivity contribution in [3.8, 4) is 11.8 Å². The molecule has 2 saturated heterocycles. The maximum atomic E-state index is 13.1. The fourth-order valence-corrected chi connectivity index (χ4v) is 5.27. The van der Waals surface area contributed by atoms with E-state index in [9.17, 15) is 9.59 Å². The minimum absolute atomic E-state index is 0.0121. The molecule has 0 bridgehead atoms. The number of hydrogen-bond acceptors (Lipinski definition) is 5. The lowest BCUT2D eigenvalue weighted by atomic mass is 10.0. The number of likely N-dealkylation sites (tertiary alicyclic amines) is 2. The van der Waals surface area contributed by atoms with Gasteiger partial charge in [-0.3, -0.25) is 14.5 Å². The van der Waals surface area contributed by atoms with Crippen LogP contribution < -0.4 is 11.1 Å². The smallest absolute Gasteiger partial charge is 0.253 e. The lowest BCUT2D eigenvalue weighted by molar-refractivity contribution is -0.117. The van der Waals surface area contributed by atoms with E-state index in [0.717, 1.165) is 48.8 Å². The van der Waals surface area contributed by atoms with Gasteiger partial charge in [-0.15, -0.1) is 0 Å². The van der Waals surface area contributed by atoms with Crippen LogP contribution in [0.3, 0.4) is 0 Å². The standard InChI is InChI=1S/C31H32ClN5O2/c32-25-11-10-24-21-34-30(33)27(28(24)20-25)12-7-22-5-8-23(9-6-22)31(39)37-18-13-26(14-19-37)35-29(38)4-3-17-36-15-1-2-16-36/h3-6,8-11,20-21,26H,1-2,13-19H2,(H2,33,34)(H,35,38)/b4-3+. The predicted molar refractivity (Wildman–Crippen MR) is 155 cm³/mol. The van der Waals surface area contributed by atoms with Crippen molar-refractivity contribution in [1.29, 1.82) is 0 Å². The third-order valence-electron chi connectivity index (χ3n) is 7.31. The number of rotatable bonds is 5. The summed E-state index contributed by atoms with van der Waals surface area (Å²) in [5, 5.41) is 5.45. The second-order valence-corrected chi connectivity index (χ2v) is 10.5. The molecule has 0 unspecified atom stereocenters. The highest BCUT2D eigenvalue weighted by Gasteiger charge is 2.24. The van der Waals surface area contributed by atoms with Gasteiger partial charge < -0.3 is 16.0 Å². The number of nitrogens with one attached hydrogen (secondary N) is 1. The molecule has 1 aromatic heterocycles. The molecule has 0 aliphatic carbocycles. The molecule has 0 atom stereocenters. The number of nitrogens with two attached hydrogens (primary N) is 1. The van der Waals surface area contributed by atoms with Crippen molar-refractivity contribution in [2.24, 2.45) is 0 Å². The zero-order valence-corrected chi connectivity index (χ0v) is 22.6. The number of nitrogen functional groups attached to an aromatic ring is 1. The number of halogens is 1. The first-order valence-electron chi connectivity index (χ1n) is 13.4. The van der Waals surface area contributed by atoms with Gasteiger partial charge in [0.15, 0.2) is 0 Å². The molecule has 2 amide bonds. The van der Waals surface area contributed by atoms with Gasteiger partial charge in [-0.05, 0) is 75.2 Å². The summed E-state index contributed by atoms with van der Waals surface area (Å²) in [6, 6.07) is 12.9. The van der Waals surface area contributed by atoms with Crippen molar-refractivity contribution in [3.05, 3.63) is 82.5 Å². The van der Waals surface area contributed by atoms with Crippen molar-refractivity contribution in [1.82, 2.24) is 20.1 Å². The van der Waals surface area contributed by atoms with Crippen LogP contribution >= 0.6 is 11.6 Å². The maximum Gasteiger partial charge on any atom is 0.253 e. The molecular formula is C31H32ClN5O2. The predicted octanol–water partition coefficient (Wildman–Crippen LogP) is 4.24. The number of piperidine rings is 1. The van der Waals surface area contributed by atoms with Gasteiger partial charge in [0.25, 0.3) is 5.91 Å². The van der Waals surface area contributed by atoms with Crippen LogP contribution in [0.25, 0.3) is 10.8 Å². The number of aromatic nitrogens is 1. The Morgan fingerprint density at radius 1 is 1.05 bits per heavy atom. The largest absolute Gasteiger partial charge is 0.383 e. The summed E-state index contributed by atoms with van der Waals surface area (Å²) in [5.74, 6) is 6.53. The zero-order valence-electron chi connectivity index (χ0n) is 21.8. The van der Waals surface area contributed by atoms with E-state index < -0.39 is 0 Å². The maximum absolute atomic E-state index is 13.1. The Morgan fingerprint density at radius 2 is 1.79 bits per heavy atom. The minimum atomic E-state index is -0.0557. The average molecular weight is 542 g/mol. The normalized spacial score (nSPS) is 16.4. The van der Waals surface area contributed by atoms with Crippen molar-refractivity contribution < 1.29 is 9.59 Å². The zero-order chi connectivity index (χ0) is 27.2. The Labute approximate surface area is 234 Å². The first-order chi connectivity index (χ1) is 19.0. The fraction of sp³-hybridized carbons (Fsp3) is 0.323. The topological polar surface area (TPSA) is 91.6 Å². The van der Waals surface area contributed by atoms with Gasteiger partial charge in [0.2, 0.25) is 5.91 Å². The Morgan fingerprint density at radius 3 is 2.54 bits per heavy atom. The highest BCUT2D eigenvalue weighted by Crippen LogP contribution is 2.25. The first-order valence-corrected chi connectivity index (χ1v) is 13.8. The number of benzene rings is 2. The number of carbonyl (C=O) groups excluding carboxylic acids is 2. The monoisotopic (exact) mass is 541 g/mol. The number of pyridine rings is 1. The highest BCUT2D eigenvalue weighted by atomic mass is 35.5. The molecule has 0 spiro atoms. The third kappa shape index (κ3) is 6.78. The van der Waals surface area contributed by atoms with E-state index in [1.165, 1.54) is 12.8 Å². The van der Waals surface area contributed by atoms with Gasteiger partial charge in [0, 0.05) is 64.9 Å². The summed E-state index contributed by atoms with van der Waals surface area (Å²) in [6.07, 6.45) is 9.25.